The Hall–Kier alpha value is -0.120. The first-order chi connectivity index (χ1) is 8.47. The lowest BCUT2D eigenvalue weighted by molar-refractivity contribution is 0.0288. The molecule has 3 nitrogen and oxygen atoms in total. The smallest absolute Gasteiger partial charge is 0.0506 e. The van der Waals surface area contributed by atoms with Crippen LogP contribution in [0.5, 0.6) is 0 Å². The average molecular weight is 254 g/mol. The molecule has 3 heteroatoms. The highest BCUT2D eigenvalue weighted by Crippen LogP contribution is 2.22. The van der Waals surface area contributed by atoms with Crippen LogP contribution in [-0.2, 0) is 4.74 Å². The predicted octanol–water partition coefficient (Wildman–Crippen LogP) is 2.26. The van der Waals surface area contributed by atoms with Crippen molar-refractivity contribution in [2.24, 2.45) is 5.92 Å². The minimum absolute atomic E-state index is 0.330. The van der Waals surface area contributed by atoms with E-state index in [9.17, 15) is 0 Å². The molecule has 0 aromatic heterocycles. The monoisotopic (exact) mass is 254 g/mol. The van der Waals surface area contributed by atoms with Crippen molar-refractivity contribution in [1.82, 2.24) is 10.2 Å². The molecule has 0 bridgehead atoms. The van der Waals surface area contributed by atoms with Crippen molar-refractivity contribution in [3.05, 3.63) is 0 Å². The molecule has 0 radical (unpaired) electrons. The number of ether oxygens (including phenoxy) is 1. The van der Waals surface area contributed by atoms with E-state index in [1.165, 1.54) is 32.4 Å². The second-order valence-corrected chi connectivity index (χ2v) is 7.05. The molecular weight excluding hydrogens is 224 g/mol. The second kappa shape index (κ2) is 5.89. The lowest BCUT2D eigenvalue weighted by Crippen LogP contribution is -2.53. The molecule has 1 N–H and O–H groups in total. The summed E-state index contributed by atoms with van der Waals surface area (Å²) in [6, 6.07) is 1.39. The highest BCUT2D eigenvalue weighted by molar-refractivity contribution is 4.87. The summed E-state index contributed by atoms with van der Waals surface area (Å²) in [5.74, 6) is 0.666. The van der Waals surface area contributed by atoms with Crippen LogP contribution in [0.25, 0.3) is 0 Å². The molecule has 2 atom stereocenters. The highest BCUT2D eigenvalue weighted by Gasteiger charge is 2.29. The van der Waals surface area contributed by atoms with Crippen LogP contribution in [0.2, 0.25) is 0 Å². The van der Waals surface area contributed by atoms with Crippen LogP contribution < -0.4 is 5.32 Å². The van der Waals surface area contributed by atoms with Gasteiger partial charge in [-0.05, 0) is 46.0 Å². The Kier molecular flexibility index (Phi) is 4.68. The van der Waals surface area contributed by atoms with Crippen LogP contribution in [0.3, 0.4) is 0 Å². The minimum Gasteiger partial charge on any atom is -0.381 e. The van der Waals surface area contributed by atoms with Gasteiger partial charge in [0, 0.05) is 37.3 Å². The van der Waals surface area contributed by atoms with E-state index in [-0.39, 0.29) is 0 Å². The van der Waals surface area contributed by atoms with E-state index in [1.54, 1.807) is 0 Å². The van der Waals surface area contributed by atoms with E-state index in [1.807, 2.05) is 0 Å². The van der Waals surface area contributed by atoms with E-state index >= 15 is 0 Å². The molecule has 2 aliphatic rings. The standard InChI is InChI=1S/C15H30N2O/c1-12-11-18-10-7-14(12)16-13-5-8-17(9-6-13)15(2,3)4/h12-14,16H,5-11H2,1-4H3. The van der Waals surface area contributed by atoms with Gasteiger partial charge in [0.2, 0.25) is 0 Å². The van der Waals surface area contributed by atoms with E-state index in [4.69, 9.17) is 4.74 Å². The fraction of sp³-hybridized carbons (Fsp3) is 1.00. The quantitative estimate of drug-likeness (QED) is 0.818. The Balaban J connectivity index is 1.76. The summed E-state index contributed by atoms with van der Waals surface area (Å²) < 4.78 is 5.51. The molecule has 2 aliphatic heterocycles. The van der Waals surface area contributed by atoms with Gasteiger partial charge in [0.25, 0.3) is 0 Å². The summed E-state index contributed by atoms with van der Waals surface area (Å²) >= 11 is 0. The number of hydrogen-bond donors (Lipinski definition) is 1. The number of rotatable bonds is 2. The van der Waals surface area contributed by atoms with Crippen LogP contribution in [0.15, 0.2) is 0 Å². The Morgan fingerprint density at radius 3 is 2.33 bits per heavy atom. The van der Waals surface area contributed by atoms with Crippen LogP contribution in [0.1, 0.15) is 47.0 Å². The van der Waals surface area contributed by atoms with Gasteiger partial charge in [-0.15, -0.1) is 0 Å². The minimum atomic E-state index is 0.330. The van der Waals surface area contributed by atoms with Crippen molar-refractivity contribution in [1.29, 1.82) is 0 Å². The zero-order valence-corrected chi connectivity index (χ0v) is 12.5. The maximum absolute atomic E-state index is 5.51. The largest absolute Gasteiger partial charge is 0.381 e. The molecule has 0 saturated carbocycles. The zero-order chi connectivity index (χ0) is 13.2. The SMILES string of the molecule is CC1COCCC1NC1CCN(C(C)(C)C)CC1. The Bertz CT molecular complexity index is 254. The van der Waals surface area contributed by atoms with Crippen molar-refractivity contribution in [2.75, 3.05) is 26.3 Å². The number of nitrogens with zero attached hydrogens (tertiary/aromatic N) is 1. The van der Waals surface area contributed by atoms with Crippen LogP contribution in [-0.4, -0.2) is 48.8 Å². The average Bonchev–Trinajstić information content (AvgIpc) is 2.32. The maximum atomic E-state index is 5.51. The van der Waals surface area contributed by atoms with Gasteiger partial charge in [-0.3, -0.25) is 4.90 Å². The first-order valence-corrected chi connectivity index (χ1v) is 7.55. The lowest BCUT2D eigenvalue weighted by Gasteiger charge is -2.42. The molecule has 0 aromatic rings. The number of piperidine rings is 1. The summed E-state index contributed by atoms with van der Waals surface area (Å²) in [6.45, 7) is 13.6. The molecule has 0 spiro atoms. The molecule has 0 aromatic carbocycles. The summed E-state index contributed by atoms with van der Waals surface area (Å²) in [6.07, 6.45) is 3.77. The molecule has 2 heterocycles. The molecule has 2 rings (SSSR count). The van der Waals surface area contributed by atoms with Gasteiger partial charge in [-0.1, -0.05) is 6.92 Å². The van der Waals surface area contributed by atoms with E-state index < -0.39 is 0 Å². The maximum Gasteiger partial charge on any atom is 0.0506 e. The van der Waals surface area contributed by atoms with Gasteiger partial charge in [-0.2, -0.15) is 0 Å². The summed E-state index contributed by atoms with van der Waals surface area (Å²) in [4.78, 5) is 2.61. The van der Waals surface area contributed by atoms with Crippen molar-refractivity contribution in [3.63, 3.8) is 0 Å². The number of hydrogen-bond acceptors (Lipinski definition) is 3. The van der Waals surface area contributed by atoms with E-state index in [0.29, 0.717) is 23.5 Å². The van der Waals surface area contributed by atoms with Gasteiger partial charge in [0.15, 0.2) is 0 Å². The van der Waals surface area contributed by atoms with Gasteiger partial charge < -0.3 is 10.1 Å². The molecule has 18 heavy (non-hydrogen) atoms. The molecule has 106 valence electrons. The molecule has 2 unspecified atom stereocenters. The van der Waals surface area contributed by atoms with Crippen LogP contribution in [0, 0.1) is 5.92 Å². The van der Waals surface area contributed by atoms with Crippen molar-refractivity contribution in [3.8, 4) is 0 Å². The lowest BCUT2D eigenvalue weighted by atomic mass is 9.93. The molecule has 2 saturated heterocycles. The molecular formula is C15H30N2O. The van der Waals surface area contributed by atoms with Gasteiger partial charge in [-0.25, -0.2) is 0 Å². The summed E-state index contributed by atoms with van der Waals surface area (Å²) in [7, 11) is 0. The summed E-state index contributed by atoms with van der Waals surface area (Å²) in [5.41, 5.74) is 0.330. The fourth-order valence-electron chi connectivity index (χ4n) is 3.15. The normalized spacial score (nSPS) is 32.7. The third-order valence-electron chi connectivity index (χ3n) is 4.53. The van der Waals surface area contributed by atoms with E-state index in [0.717, 1.165) is 13.2 Å². The van der Waals surface area contributed by atoms with Crippen molar-refractivity contribution in [2.45, 2.75) is 64.6 Å². The first-order valence-electron chi connectivity index (χ1n) is 7.55. The third-order valence-corrected chi connectivity index (χ3v) is 4.53. The number of likely N-dealkylation sites (tertiary alicyclic amines) is 1. The van der Waals surface area contributed by atoms with Crippen molar-refractivity contribution < 1.29 is 4.74 Å². The van der Waals surface area contributed by atoms with Gasteiger partial charge in [0.05, 0.1) is 6.61 Å². The van der Waals surface area contributed by atoms with Gasteiger partial charge in [0.1, 0.15) is 0 Å². The zero-order valence-electron chi connectivity index (χ0n) is 12.5. The number of nitrogens with one attached hydrogen (secondary N) is 1. The Morgan fingerprint density at radius 1 is 1.11 bits per heavy atom. The third kappa shape index (κ3) is 3.69. The van der Waals surface area contributed by atoms with Crippen molar-refractivity contribution >= 4 is 0 Å². The first kappa shape index (κ1) is 14.3. The highest BCUT2D eigenvalue weighted by atomic mass is 16.5. The predicted molar refractivity (Wildman–Crippen MR) is 75.9 cm³/mol. The molecule has 0 aliphatic carbocycles. The Labute approximate surface area is 112 Å². The molecule has 2 fully saturated rings. The van der Waals surface area contributed by atoms with Crippen LogP contribution >= 0.6 is 0 Å². The molecule has 0 amide bonds. The van der Waals surface area contributed by atoms with Crippen LogP contribution in [0.4, 0.5) is 0 Å². The van der Waals surface area contributed by atoms with E-state index in [2.05, 4.69) is 37.9 Å². The fourth-order valence-corrected chi connectivity index (χ4v) is 3.15. The van der Waals surface area contributed by atoms with Gasteiger partial charge >= 0.3 is 0 Å². The topological polar surface area (TPSA) is 24.5 Å². The Morgan fingerprint density at radius 2 is 1.78 bits per heavy atom. The summed E-state index contributed by atoms with van der Waals surface area (Å²) in [5, 5.41) is 3.87. The second-order valence-electron chi connectivity index (χ2n) is 7.05.